The molecule has 0 aliphatic heterocycles. The van der Waals surface area contributed by atoms with Gasteiger partial charge in [0.05, 0.1) is 18.8 Å². The van der Waals surface area contributed by atoms with Crippen molar-refractivity contribution in [2.24, 2.45) is 0 Å². The average Bonchev–Trinajstić information content (AvgIpc) is 2.42. The molecule has 0 heterocycles. The van der Waals surface area contributed by atoms with Gasteiger partial charge in [0.2, 0.25) is 0 Å². The Kier molecular flexibility index (Phi) is 5.99. The maximum atomic E-state index is 9.80. The highest BCUT2D eigenvalue weighted by Gasteiger charge is 2.34. The van der Waals surface area contributed by atoms with Gasteiger partial charge < -0.3 is 14.9 Å². The van der Waals surface area contributed by atoms with Gasteiger partial charge in [-0.15, -0.1) is 0 Å². The molecule has 0 radical (unpaired) electrons. The minimum Gasteiger partial charge on any atom is -0.395 e. The second-order valence-corrected chi connectivity index (χ2v) is 6.39. The van der Waals surface area contributed by atoms with E-state index in [-0.39, 0.29) is 18.8 Å². The van der Waals surface area contributed by atoms with E-state index in [1.165, 1.54) is 0 Å². The van der Waals surface area contributed by atoms with Gasteiger partial charge in [-0.2, -0.15) is 0 Å². The van der Waals surface area contributed by atoms with E-state index in [0.29, 0.717) is 6.42 Å². The Morgan fingerprint density at radius 2 is 1.68 bits per heavy atom. The summed E-state index contributed by atoms with van der Waals surface area (Å²) in [6, 6.07) is 7.71. The van der Waals surface area contributed by atoms with Crippen molar-refractivity contribution in [2.45, 2.75) is 37.7 Å². The first-order valence-corrected chi connectivity index (χ1v) is 7.22. The third kappa shape index (κ3) is 4.02. The Morgan fingerprint density at radius 1 is 1.11 bits per heavy atom. The first-order valence-electron chi connectivity index (χ1n) is 6.43. The predicted octanol–water partition coefficient (Wildman–Crippen LogP) is 2.88. The minimum absolute atomic E-state index is 0.0914. The Bertz CT molecular complexity index is 400. The van der Waals surface area contributed by atoms with Crippen LogP contribution >= 0.6 is 15.9 Å². The van der Waals surface area contributed by atoms with Crippen LogP contribution in [-0.4, -0.2) is 36.1 Å². The van der Waals surface area contributed by atoms with Crippen LogP contribution in [0.1, 0.15) is 32.3 Å². The molecule has 0 aromatic heterocycles. The molecule has 19 heavy (non-hydrogen) atoms. The number of methoxy groups -OCH3 is 1. The van der Waals surface area contributed by atoms with E-state index in [1.807, 2.05) is 38.1 Å². The Labute approximate surface area is 123 Å². The quantitative estimate of drug-likeness (QED) is 0.808. The van der Waals surface area contributed by atoms with Crippen molar-refractivity contribution in [2.75, 3.05) is 20.3 Å². The molecule has 0 amide bonds. The molecule has 0 spiro atoms. The largest absolute Gasteiger partial charge is 0.395 e. The monoisotopic (exact) mass is 330 g/mol. The predicted molar refractivity (Wildman–Crippen MR) is 80.3 cm³/mol. The summed E-state index contributed by atoms with van der Waals surface area (Å²) in [4.78, 5) is 0. The fraction of sp³-hybridized carbons (Fsp3) is 0.600. The lowest BCUT2D eigenvalue weighted by molar-refractivity contribution is 0.000147. The van der Waals surface area contributed by atoms with Crippen LogP contribution < -0.4 is 0 Å². The van der Waals surface area contributed by atoms with Crippen LogP contribution in [-0.2, 0) is 10.2 Å². The number of benzene rings is 1. The zero-order valence-corrected chi connectivity index (χ0v) is 13.4. The fourth-order valence-corrected chi connectivity index (χ4v) is 2.75. The molecule has 0 aliphatic carbocycles. The summed E-state index contributed by atoms with van der Waals surface area (Å²) < 4.78 is 6.32. The summed E-state index contributed by atoms with van der Waals surface area (Å²) in [5.41, 5.74) is 0.0270. The van der Waals surface area contributed by atoms with Crippen molar-refractivity contribution >= 4 is 15.9 Å². The van der Waals surface area contributed by atoms with E-state index >= 15 is 0 Å². The van der Waals surface area contributed by atoms with E-state index in [2.05, 4.69) is 15.9 Å². The molecule has 1 aromatic rings. The number of aliphatic hydroxyl groups is 2. The lowest BCUT2D eigenvalue weighted by Crippen LogP contribution is -2.38. The molecule has 0 saturated carbocycles. The molecule has 0 atom stereocenters. The molecule has 0 aliphatic rings. The summed E-state index contributed by atoms with van der Waals surface area (Å²) >= 11 is 3.50. The number of hydrogen-bond donors (Lipinski definition) is 2. The fourth-order valence-electron chi connectivity index (χ4n) is 2.05. The Morgan fingerprint density at radius 3 is 2.16 bits per heavy atom. The van der Waals surface area contributed by atoms with Crippen molar-refractivity contribution < 1.29 is 14.9 Å². The third-order valence-corrected chi connectivity index (χ3v) is 4.50. The summed E-state index contributed by atoms with van der Waals surface area (Å²) in [5, 5.41) is 19.6. The molecule has 3 nitrogen and oxygen atoms in total. The maximum Gasteiger partial charge on any atom is 0.0623 e. The topological polar surface area (TPSA) is 49.7 Å². The molecular weight excluding hydrogens is 308 g/mol. The molecule has 1 aromatic carbocycles. The molecule has 2 N–H and O–H groups in total. The van der Waals surface area contributed by atoms with Gasteiger partial charge in [-0.05, 0) is 38.3 Å². The first-order chi connectivity index (χ1) is 8.90. The SMILES string of the molecule is COC(C)(C)CCC(CO)(CO)c1ccccc1Br. The number of rotatable bonds is 7. The summed E-state index contributed by atoms with van der Waals surface area (Å²) in [7, 11) is 1.68. The van der Waals surface area contributed by atoms with Gasteiger partial charge in [0.1, 0.15) is 0 Å². The molecule has 0 fully saturated rings. The van der Waals surface area contributed by atoms with Gasteiger partial charge >= 0.3 is 0 Å². The molecule has 4 heteroatoms. The van der Waals surface area contributed by atoms with E-state index in [4.69, 9.17) is 4.74 Å². The van der Waals surface area contributed by atoms with Crippen molar-refractivity contribution in [3.63, 3.8) is 0 Å². The van der Waals surface area contributed by atoms with Crippen LogP contribution in [0.5, 0.6) is 0 Å². The van der Waals surface area contributed by atoms with Crippen molar-refractivity contribution in [1.29, 1.82) is 0 Å². The summed E-state index contributed by atoms with van der Waals surface area (Å²) in [6.45, 7) is 3.83. The van der Waals surface area contributed by atoms with Crippen molar-refractivity contribution in [1.82, 2.24) is 0 Å². The summed E-state index contributed by atoms with van der Waals surface area (Å²) in [5.74, 6) is 0. The smallest absolute Gasteiger partial charge is 0.0623 e. The number of aliphatic hydroxyl groups excluding tert-OH is 2. The molecule has 0 saturated heterocycles. The van der Waals surface area contributed by atoms with Crippen LogP contribution in [0.3, 0.4) is 0 Å². The van der Waals surface area contributed by atoms with Gasteiger partial charge in [0, 0.05) is 17.0 Å². The highest BCUT2D eigenvalue weighted by atomic mass is 79.9. The zero-order valence-electron chi connectivity index (χ0n) is 11.8. The molecule has 108 valence electrons. The van der Waals surface area contributed by atoms with Gasteiger partial charge in [0.25, 0.3) is 0 Å². The van der Waals surface area contributed by atoms with E-state index < -0.39 is 5.41 Å². The highest BCUT2D eigenvalue weighted by Crippen LogP contribution is 2.36. The van der Waals surface area contributed by atoms with Crippen molar-refractivity contribution in [3.8, 4) is 0 Å². The van der Waals surface area contributed by atoms with Gasteiger partial charge in [0.15, 0.2) is 0 Å². The molecule has 0 unspecified atom stereocenters. The second-order valence-electron chi connectivity index (χ2n) is 5.54. The Hall–Kier alpha value is -0.420. The highest BCUT2D eigenvalue weighted by molar-refractivity contribution is 9.10. The van der Waals surface area contributed by atoms with Crippen LogP contribution in [0.4, 0.5) is 0 Å². The van der Waals surface area contributed by atoms with Crippen LogP contribution in [0.15, 0.2) is 28.7 Å². The standard InChI is InChI=1S/C15H23BrO3/c1-14(2,19-3)8-9-15(10-17,11-18)12-6-4-5-7-13(12)16/h4-7,17-18H,8-11H2,1-3H3. The van der Waals surface area contributed by atoms with Crippen molar-refractivity contribution in [3.05, 3.63) is 34.3 Å². The molecule has 0 bridgehead atoms. The van der Waals surface area contributed by atoms with Crippen LogP contribution in [0.2, 0.25) is 0 Å². The van der Waals surface area contributed by atoms with E-state index in [9.17, 15) is 10.2 Å². The van der Waals surface area contributed by atoms with E-state index in [0.717, 1.165) is 16.5 Å². The number of ether oxygens (including phenoxy) is 1. The number of hydrogen-bond acceptors (Lipinski definition) is 3. The number of halogens is 1. The van der Waals surface area contributed by atoms with Gasteiger partial charge in [-0.1, -0.05) is 34.1 Å². The summed E-state index contributed by atoms with van der Waals surface area (Å²) in [6.07, 6.45) is 1.41. The molecular formula is C15H23BrO3. The maximum absolute atomic E-state index is 9.80. The van der Waals surface area contributed by atoms with Crippen LogP contribution in [0, 0.1) is 0 Å². The Balaban J connectivity index is 3.01. The second kappa shape index (κ2) is 6.84. The average molecular weight is 331 g/mol. The lowest BCUT2D eigenvalue weighted by Gasteiger charge is -2.34. The molecule has 1 rings (SSSR count). The van der Waals surface area contributed by atoms with Gasteiger partial charge in [-0.3, -0.25) is 0 Å². The zero-order chi connectivity index (χ0) is 14.5. The third-order valence-electron chi connectivity index (χ3n) is 3.81. The van der Waals surface area contributed by atoms with Crippen LogP contribution in [0.25, 0.3) is 0 Å². The minimum atomic E-state index is -0.643. The lowest BCUT2D eigenvalue weighted by atomic mass is 9.76. The normalized spacial score (nSPS) is 12.7. The van der Waals surface area contributed by atoms with Gasteiger partial charge in [-0.25, -0.2) is 0 Å². The first kappa shape index (κ1) is 16.6. The van der Waals surface area contributed by atoms with E-state index in [1.54, 1.807) is 7.11 Å².